The summed E-state index contributed by atoms with van der Waals surface area (Å²) in [4.78, 5) is 12.9. The number of hydrogen-bond acceptors (Lipinski definition) is 5. The molecule has 0 bridgehead atoms. The van der Waals surface area contributed by atoms with Gasteiger partial charge in [0.2, 0.25) is 0 Å². The first-order chi connectivity index (χ1) is 18.0. The smallest absolute Gasteiger partial charge is 0.493 e. The van der Waals surface area contributed by atoms with Gasteiger partial charge in [-0.25, -0.2) is 4.79 Å². The Balaban J connectivity index is 1.39. The van der Waals surface area contributed by atoms with E-state index in [0.29, 0.717) is 28.9 Å². The molecule has 192 valence electrons. The molecule has 6 nitrogen and oxygen atoms in total. The third-order valence-corrected chi connectivity index (χ3v) is 7.59. The molecular weight excluding hydrogens is 466 g/mol. The van der Waals surface area contributed by atoms with Crippen LogP contribution in [0.4, 0.5) is 4.79 Å². The molecular formula is C31H34NO5+. The Labute approximate surface area is 218 Å². The number of rotatable bonds is 7. The molecule has 0 atom stereocenters. The predicted molar refractivity (Wildman–Crippen MR) is 143 cm³/mol. The molecule has 0 saturated carbocycles. The summed E-state index contributed by atoms with van der Waals surface area (Å²) < 4.78 is 23.5. The maximum atomic E-state index is 12.9. The third-order valence-electron chi connectivity index (χ3n) is 7.59. The number of methoxy groups -OCH3 is 2. The van der Waals surface area contributed by atoms with Gasteiger partial charge in [-0.1, -0.05) is 48.5 Å². The number of allylic oxidation sites excluding steroid dienone is 1. The van der Waals surface area contributed by atoms with Crippen LogP contribution in [0.25, 0.3) is 5.76 Å². The van der Waals surface area contributed by atoms with Crippen molar-refractivity contribution >= 4 is 11.9 Å². The minimum absolute atomic E-state index is 0.325. The van der Waals surface area contributed by atoms with Crippen molar-refractivity contribution in [2.75, 3.05) is 34.4 Å². The van der Waals surface area contributed by atoms with Crippen LogP contribution in [-0.4, -0.2) is 45.0 Å². The molecule has 3 aromatic carbocycles. The van der Waals surface area contributed by atoms with Gasteiger partial charge in [0.15, 0.2) is 11.5 Å². The quantitative estimate of drug-likeness (QED) is 0.218. The molecule has 0 N–H and O–H groups in total. The highest BCUT2D eigenvalue weighted by Gasteiger charge is 2.37. The van der Waals surface area contributed by atoms with Gasteiger partial charge in [0.25, 0.3) is 0 Å². The second kappa shape index (κ2) is 10.7. The maximum absolute atomic E-state index is 12.9. The fraction of sp³-hybridized carbons (Fsp3) is 0.323. The van der Waals surface area contributed by atoms with E-state index >= 15 is 0 Å². The summed E-state index contributed by atoms with van der Waals surface area (Å²) >= 11 is 0. The van der Waals surface area contributed by atoms with Gasteiger partial charge in [-0.05, 0) is 47.7 Å². The van der Waals surface area contributed by atoms with Crippen molar-refractivity contribution in [2.24, 2.45) is 5.92 Å². The lowest BCUT2D eigenvalue weighted by Crippen LogP contribution is -2.49. The standard InChI is InChI=1S/C31H34NO5/c1-32(21-22-10-6-4-7-11-22)16-14-23(15-17-32)26-18-24-19-28(34-2)29(35-3)20-27(24)30(26)37-31(33)36-25-12-8-5-9-13-25/h4-13,19-20,23H,14-18,21H2,1-3H3/q+1. The Morgan fingerprint density at radius 3 is 2.14 bits per heavy atom. The number of likely N-dealkylation sites (tertiary alicyclic amines) is 1. The Morgan fingerprint density at radius 1 is 0.865 bits per heavy atom. The largest absolute Gasteiger partial charge is 0.519 e. The lowest BCUT2D eigenvalue weighted by atomic mass is 9.86. The molecule has 37 heavy (non-hydrogen) atoms. The SMILES string of the molecule is COc1cc2c(cc1OC)C(OC(=O)Oc1ccccc1)=C(C1CC[N+](C)(Cc3ccccc3)CC1)C2. The molecule has 1 aliphatic carbocycles. The topological polar surface area (TPSA) is 54.0 Å². The maximum Gasteiger partial charge on any atom is 0.519 e. The van der Waals surface area contributed by atoms with Crippen molar-refractivity contribution in [3.63, 3.8) is 0 Å². The van der Waals surface area contributed by atoms with Crippen molar-refractivity contribution in [2.45, 2.75) is 25.8 Å². The summed E-state index contributed by atoms with van der Waals surface area (Å²) in [5, 5.41) is 0. The van der Waals surface area contributed by atoms with Gasteiger partial charge in [0.05, 0.1) is 34.4 Å². The molecule has 0 spiro atoms. The van der Waals surface area contributed by atoms with Gasteiger partial charge >= 0.3 is 6.16 Å². The fourth-order valence-corrected chi connectivity index (χ4v) is 5.60. The molecule has 1 saturated heterocycles. The summed E-state index contributed by atoms with van der Waals surface area (Å²) in [7, 11) is 5.58. The minimum Gasteiger partial charge on any atom is -0.493 e. The van der Waals surface area contributed by atoms with E-state index in [-0.39, 0.29) is 0 Å². The van der Waals surface area contributed by atoms with E-state index in [1.54, 1.807) is 26.4 Å². The van der Waals surface area contributed by atoms with Crippen LogP contribution in [0.5, 0.6) is 17.2 Å². The average molecular weight is 501 g/mol. The molecule has 0 aromatic heterocycles. The van der Waals surface area contributed by atoms with E-state index in [1.807, 2.05) is 30.3 Å². The summed E-state index contributed by atoms with van der Waals surface area (Å²) in [6.07, 6.45) is 2.04. The Kier molecular flexibility index (Phi) is 7.19. The molecule has 1 fully saturated rings. The minimum atomic E-state index is -0.734. The molecule has 5 rings (SSSR count). The number of nitrogens with zero attached hydrogens (tertiary/aromatic N) is 1. The average Bonchev–Trinajstić information content (AvgIpc) is 3.26. The van der Waals surface area contributed by atoms with Crippen molar-refractivity contribution in [1.29, 1.82) is 0 Å². The number of carbonyl (C=O) groups is 1. The first-order valence-corrected chi connectivity index (χ1v) is 12.8. The molecule has 6 heteroatoms. The highest BCUT2D eigenvalue weighted by atomic mass is 16.7. The molecule has 0 amide bonds. The summed E-state index contributed by atoms with van der Waals surface area (Å²) in [6, 6.07) is 23.6. The van der Waals surface area contributed by atoms with Gasteiger partial charge in [0, 0.05) is 24.0 Å². The highest BCUT2D eigenvalue weighted by Crippen LogP contribution is 2.45. The van der Waals surface area contributed by atoms with Gasteiger partial charge in [-0.15, -0.1) is 0 Å². The molecule has 3 aromatic rings. The van der Waals surface area contributed by atoms with E-state index in [9.17, 15) is 4.79 Å². The third kappa shape index (κ3) is 5.49. The molecule has 0 unspecified atom stereocenters. The highest BCUT2D eigenvalue weighted by molar-refractivity contribution is 5.81. The molecule has 1 heterocycles. The molecule has 0 radical (unpaired) electrons. The monoisotopic (exact) mass is 500 g/mol. The van der Waals surface area contributed by atoms with Crippen LogP contribution in [0, 0.1) is 5.92 Å². The summed E-state index contributed by atoms with van der Waals surface area (Å²) in [5.74, 6) is 2.65. The van der Waals surface area contributed by atoms with Crippen LogP contribution in [-0.2, 0) is 17.7 Å². The summed E-state index contributed by atoms with van der Waals surface area (Å²) in [6.45, 7) is 3.15. The second-order valence-corrected chi connectivity index (χ2v) is 10.1. The van der Waals surface area contributed by atoms with Crippen LogP contribution < -0.4 is 14.2 Å². The van der Waals surface area contributed by atoms with E-state index < -0.39 is 6.16 Å². The van der Waals surface area contributed by atoms with Gasteiger partial charge in [-0.2, -0.15) is 0 Å². The second-order valence-electron chi connectivity index (χ2n) is 10.1. The first kappa shape index (κ1) is 24.9. The van der Waals surface area contributed by atoms with Crippen LogP contribution >= 0.6 is 0 Å². The van der Waals surface area contributed by atoms with Crippen LogP contribution in [0.15, 0.2) is 78.4 Å². The normalized spacial score (nSPS) is 20.8. The first-order valence-electron chi connectivity index (χ1n) is 12.8. The number of para-hydroxylation sites is 1. The van der Waals surface area contributed by atoms with E-state index in [4.69, 9.17) is 18.9 Å². The lowest BCUT2D eigenvalue weighted by Gasteiger charge is -2.41. The van der Waals surface area contributed by atoms with E-state index in [2.05, 4.69) is 37.4 Å². The summed E-state index contributed by atoms with van der Waals surface area (Å²) in [5.41, 5.74) is 4.45. The van der Waals surface area contributed by atoms with Crippen LogP contribution in [0.1, 0.15) is 29.5 Å². The number of benzene rings is 3. The number of piperidine rings is 1. The van der Waals surface area contributed by atoms with E-state index in [1.165, 1.54) is 5.56 Å². The number of ether oxygens (including phenoxy) is 4. The zero-order valence-corrected chi connectivity index (χ0v) is 21.7. The Morgan fingerprint density at radius 2 is 1.49 bits per heavy atom. The van der Waals surface area contributed by atoms with Crippen molar-refractivity contribution in [3.05, 3.63) is 95.1 Å². The van der Waals surface area contributed by atoms with Gasteiger partial charge in [-0.3, -0.25) is 0 Å². The zero-order valence-electron chi connectivity index (χ0n) is 21.7. The van der Waals surface area contributed by atoms with Crippen molar-refractivity contribution in [3.8, 4) is 17.2 Å². The van der Waals surface area contributed by atoms with Crippen molar-refractivity contribution in [1.82, 2.24) is 0 Å². The van der Waals surface area contributed by atoms with E-state index in [0.717, 1.165) is 60.1 Å². The Bertz CT molecular complexity index is 1280. The predicted octanol–water partition coefficient (Wildman–Crippen LogP) is 6.24. The molecule has 2 aliphatic rings. The number of carbonyl (C=O) groups excluding carboxylic acids is 1. The number of hydrogen-bond donors (Lipinski definition) is 0. The zero-order chi connectivity index (χ0) is 25.8. The Hall–Kier alpha value is -3.77. The lowest BCUT2D eigenvalue weighted by molar-refractivity contribution is -0.927. The van der Waals surface area contributed by atoms with Crippen LogP contribution in [0.3, 0.4) is 0 Å². The number of quaternary nitrogens is 1. The van der Waals surface area contributed by atoms with Crippen LogP contribution in [0.2, 0.25) is 0 Å². The fourth-order valence-electron chi connectivity index (χ4n) is 5.60. The van der Waals surface area contributed by atoms with Gasteiger partial charge < -0.3 is 23.4 Å². The van der Waals surface area contributed by atoms with Crippen molar-refractivity contribution < 1.29 is 28.2 Å². The van der Waals surface area contributed by atoms with Gasteiger partial charge in [0.1, 0.15) is 18.1 Å². The molecule has 1 aliphatic heterocycles. The number of fused-ring (bicyclic) bond motifs is 1.